The molecule has 0 aliphatic carbocycles. The normalized spacial score (nSPS) is 11.8. The molecule has 8 heteroatoms. The maximum atomic E-state index is 12.4. The van der Waals surface area contributed by atoms with E-state index in [0.717, 1.165) is 11.3 Å². The zero-order valence-electron chi connectivity index (χ0n) is 15.5. The summed E-state index contributed by atoms with van der Waals surface area (Å²) < 4.78 is 3.57. The standard InChI is InChI=1S/C19H21N7O/c1-19(2,3)26-16-14(12-22-26)17(27)24-18(23-16)20-11-13-7-4-5-8-15(13)25-10-6-9-21-25/h4-10,12H,11H2,1-3H3,(H2,20,23,24,27). The van der Waals surface area contributed by atoms with Gasteiger partial charge in [0, 0.05) is 18.9 Å². The van der Waals surface area contributed by atoms with Gasteiger partial charge in [0.2, 0.25) is 5.95 Å². The van der Waals surface area contributed by atoms with Crippen LogP contribution in [0.3, 0.4) is 0 Å². The average molecular weight is 363 g/mol. The fourth-order valence-corrected chi connectivity index (χ4v) is 2.97. The van der Waals surface area contributed by atoms with Gasteiger partial charge in [0.05, 0.1) is 17.4 Å². The predicted octanol–water partition coefficient (Wildman–Crippen LogP) is 2.67. The molecule has 2 N–H and O–H groups in total. The predicted molar refractivity (Wildman–Crippen MR) is 104 cm³/mol. The van der Waals surface area contributed by atoms with Crippen molar-refractivity contribution >= 4 is 17.0 Å². The smallest absolute Gasteiger partial charge is 0.263 e. The molecule has 3 aromatic heterocycles. The van der Waals surface area contributed by atoms with Crippen LogP contribution in [-0.4, -0.2) is 29.5 Å². The van der Waals surface area contributed by atoms with E-state index in [1.165, 1.54) is 0 Å². The highest BCUT2D eigenvalue weighted by atomic mass is 16.1. The maximum absolute atomic E-state index is 12.4. The van der Waals surface area contributed by atoms with E-state index < -0.39 is 0 Å². The minimum atomic E-state index is -0.271. The highest BCUT2D eigenvalue weighted by molar-refractivity contribution is 5.74. The number of fused-ring (bicyclic) bond motifs is 1. The van der Waals surface area contributed by atoms with E-state index in [1.54, 1.807) is 17.1 Å². The Morgan fingerprint density at radius 2 is 1.96 bits per heavy atom. The topological polar surface area (TPSA) is 93.4 Å². The number of hydrogen-bond acceptors (Lipinski definition) is 5. The van der Waals surface area contributed by atoms with Crippen molar-refractivity contribution in [3.63, 3.8) is 0 Å². The van der Waals surface area contributed by atoms with Crippen LogP contribution >= 0.6 is 0 Å². The summed E-state index contributed by atoms with van der Waals surface area (Å²) in [7, 11) is 0. The van der Waals surface area contributed by atoms with Crippen LogP contribution in [-0.2, 0) is 12.1 Å². The van der Waals surface area contributed by atoms with E-state index >= 15 is 0 Å². The van der Waals surface area contributed by atoms with Gasteiger partial charge in [-0.15, -0.1) is 0 Å². The van der Waals surface area contributed by atoms with Crippen molar-refractivity contribution in [1.29, 1.82) is 0 Å². The van der Waals surface area contributed by atoms with E-state index in [4.69, 9.17) is 0 Å². The van der Waals surface area contributed by atoms with Crippen LogP contribution in [0.25, 0.3) is 16.7 Å². The summed E-state index contributed by atoms with van der Waals surface area (Å²) in [5, 5.41) is 12.3. The van der Waals surface area contributed by atoms with Gasteiger partial charge in [-0.1, -0.05) is 18.2 Å². The molecule has 0 atom stereocenters. The van der Waals surface area contributed by atoms with Crippen LogP contribution in [0.15, 0.2) is 53.7 Å². The van der Waals surface area contributed by atoms with Gasteiger partial charge in [0.25, 0.3) is 5.56 Å². The third kappa shape index (κ3) is 3.21. The van der Waals surface area contributed by atoms with E-state index in [0.29, 0.717) is 23.5 Å². The van der Waals surface area contributed by atoms with Crippen molar-refractivity contribution in [3.8, 4) is 5.69 Å². The Labute approximate surface area is 155 Å². The van der Waals surface area contributed by atoms with E-state index in [-0.39, 0.29) is 11.1 Å². The number of aromatic nitrogens is 6. The van der Waals surface area contributed by atoms with Gasteiger partial charge in [-0.05, 0) is 38.5 Å². The van der Waals surface area contributed by atoms with Crippen LogP contribution in [0.5, 0.6) is 0 Å². The molecule has 0 amide bonds. The highest BCUT2D eigenvalue weighted by Crippen LogP contribution is 2.19. The van der Waals surface area contributed by atoms with Crippen molar-refractivity contribution in [3.05, 3.63) is 64.8 Å². The number of hydrogen-bond donors (Lipinski definition) is 2. The molecule has 3 heterocycles. The molecule has 0 aliphatic rings. The van der Waals surface area contributed by atoms with Crippen molar-refractivity contribution in [2.24, 2.45) is 0 Å². The first-order chi connectivity index (χ1) is 12.9. The van der Waals surface area contributed by atoms with Gasteiger partial charge >= 0.3 is 0 Å². The molecule has 0 saturated carbocycles. The molecule has 4 rings (SSSR count). The maximum Gasteiger partial charge on any atom is 0.263 e. The summed E-state index contributed by atoms with van der Waals surface area (Å²) in [6.45, 7) is 6.56. The SMILES string of the molecule is CC(C)(C)n1ncc2c(=O)[nH]c(NCc3ccccc3-n3cccn3)nc21. The first-order valence-electron chi connectivity index (χ1n) is 8.74. The van der Waals surface area contributed by atoms with Crippen LogP contribution in [0.1, 0.15) is 26.3 Å². The molecule has 27 heavy (non-hydrogen) atoms. The fraction of sp³-hybridized carbons (Fsp3) is 0.263. The van der Waals surface area contributed by atoms with Crippen LogP contribution < -0.4 is 10.9 Å². The molecule has 0 unspecified atom stereocenters. The largest absolute Gasteiger partial charge is 0.352 e. The first kappa shape index (κ1) is 17.0. The number of rotatable bonds is 4. The quantitative estimate of drug-likeness (QED) is 0.581. The molecule has 0 bridgehead atoms. The van der Waals surface area contributed by atoms with Crippen molar-refractivity contribution in [1.82, 2.24) is 29.5 Å². The zero-order chi connectivity index (χ0) is 19.0. The second-order valence-electron chi connectivity index (χ2n) is 7.31. The Hall–Kier alpha value is -3.42. The van der Waals surface area contributed by atoms with Gasteiger partial charge in [0.15, 0.2) is 5.65 Å². The van der Waals surface area contributed by atoms with Crippen molar-refractivity contribution in [2.45, 2.75) is 32.9 Å². The molecule has 0 fully saturated rings. The lowest BCUT2D eigenvalue weighted by molar-refractivity contribution is 0.366. The zero-order valence-corrected chi connectivity index (χ0v) is 15.5. The van der Waals surface area contributed by atoms with Crippen LogP contribution in [0.2, 0.25) is 0 Å². The lowest BCUT2D eigenvalue weighted by Crippen LogP contribution is -2.24. The molecule has 0 saturated heterocycles. The van der Waals surface area contributed by atoms with Gasteiger partial charge in [-0.3, -0.25) is 9.78 Å². The number of nitrogens with zero attached hydrogens (tertiary/aromatic N) is 5. The minimum absolute atomic E-state index is 0.210. The Balaban J connectivity index is 1.67. The third-order valence-electron chi connectivity index (χ3n) is 4.26. The summed E-state index contributed by atoms with van der Waals surface area (Å²) >= 11 is 0. The molecule has 0 radical (unpaired) electrons. The summed E-state index contributed by atoms with van der Waals surface area (Å²) in [5.41, 5.74) is 2.09. The van der Waals surface area contributed by atoms with Gasteiger partial charge in [-0.25, -0.2) is 9.36 Å². The average Bonchev–Trinajstić information content (AvgIpc) is 3.29. The van der Waals surface area contributed by atoms with E-state index in [9.17, 15) is 4.79 Å². The molecule has 4 aromatic rings. The number of H-pyrrole nitrogens is 1. The number of benzene rings is 1. The lowest BCUT2D eigenvalue weighted by atomic mass is 10.1. The summed E-state index contributed by atoms with van der Waals surface area (Å²) in [6.07, 6.45) is 5.20. The summed E-state index contributed by atoms with van der Waals surface area (Å²) in [6, 6.07) is 9.83. The Morgan fingerprint density at radius 3 is 2.70 bits per heavy atom. The second-order valence-corrected chi connectivity index (χ2v) is 7.31. The highest BCUT2D eigenvalue weighted by Gasteiger charge is 2.19. The summed E-state index contributed by atoms with van der Waals surface area (Å²) in [5.74, 6) is 0.411. The molecule has 0 spiro atoms. The number of para-hydroxylation sites is 1. The Morgan fingerprint density at radius 1 is 1.15 bits per heavy atom. The second kappa shape index (κ2) is 6.39. The molecule has 0 aliphatic heterocycles. The third-order valence-corrected chi connectivity index (χ3v) is 4.26. The molecule has 138 valence electrons. The van der Waals surface area contributed by atoms with Crippen LogP contribution in [0, 0.1) is 0 Å². The van der Waals surface area contributed by atoms with Gasteiger partial charge in [-0.2, -0.15) is 15.2 Å². The van der Waals surface area contributed by atoms with Crippen molar-refractivity contribution < 1.29 is 0 Å². The number of nitrogens with one attached hydrogen (secondary N) is 2. The number of aromatic amines is 1. The van der Waals surface area contributed by atoms with Gasteiger partial charge in [0.1, 0.15) is 5.39 Å². The van der Waals surface area contributed by atoms with E-state index in [2.05, 4.69) is 25.5 Å². The molecule has 8 nitrogen and oxygen atoms in total. The van der Waals surface area contributed by atoms with Crippen molar-refractivity contribution in [2.75, 3.05) is 5.32 Å². The van der Waals surface area contributed by atoms with Gasteiger partial charge < -0.3 is 5.32 Å². The minimum Gasteiger partial charge on any atom is -0.352 e. The Bertz CT molecular complexity index is 1130. The Kier molecular flexibility index (Phi) is 4.02. The molecule has 1 aromatic carbocycles. The summed E-state index contributed by atoms with van der Waals surface area (Å²) in [4.78, 5) is 19.8. The van der Waals surface area contributed by atoms with Crippen LogP contribution in [0.4, 0.5) is 5.95 Å². The lowest BCUT2D eigenvalue weighted by Gasteiger charge is -2.19. The first-order valence-corrected chi connectivity index (χ1v) is 8.74. The number of anilines is 1. The monoisotopic (exact) mass is 363 g/mol. The van der Waals surface area contributed by atoms with E-state index in [1.807, 2.05) is 62.0 Å². The fourth-order valence-electron chi connectivity index (χ4n) is 2.97. The molecular weight excluding hydrogens is 342 g/mol. The molecular formula is C19H21N7O.